The summed E-state index contributed by atoms with van der Waals surface area (Å²) in [6.45, 7) is 1.82. The number of carbonyl (C=O) groups is 1. The Bertz CT molecular complexity index is 489. The molecule has 0 heterocycles. The van der Waals surface area contributed by atoms with E-state index in [2.05, 4.69) is 9.02 Å². The number of ether oxygens (including phenoxy) is 1. The van der Waals surface area contributed by atoms with Gasteiger partial charge in [0.2, 0.25) is 0 Å². The quantitative estimate of drug-likeness (QED) is 0.487. The summed E-state index contributed by atoms with van der Waals surface area (Å²) in [6, 6.07) is 4.90. The first-order valence-electron chi connectivity index (χ1n) is 4.71. The van der Waals surface area contributed by atoms with Crippen molar-refractivity contribution in [2.75, 3.05) is 19.2 Å². The van der Waals surface area contributed by atoms with Crippen LogP contribution in [0.2, 0.25) is 0 Å². The minimum atomic E-state index is -3.04. The van der Waals surface area contributed by atoms with Crippen molar-refractivity contribution in [1.82, 2.24) is 0 Å². The maximum Gasteiger partial charge on any atom is 0.340 e. The molecule has 1 aromatic carbocycles. The topological polar surface area (TPSA) is 72.9 Å². The lowest BCUT2D eigenvalue weighted by Crippen LogP contribution is -2.20. The van der Waals surface area contributed by atoms with Gasteiger partial charge in [-0.3, -0.25) is 0 Å². The monoisotopic (exact) mass is 259 g/mol. The molecule has 1 rings (SSSR count). The lowest BCUT2D eigenvalue weighted by molar-refractivity contribution is 0.0600. The van der Waals surface area contributed by atoms with E-state index in [1.165, 1.54) is 14.2 Å². The summed E-state index contributed by atoms with van der Waals surface area (Å²) in [6.07, 6.45) is 0. The molecule has 7 heteroatoms. The Morgan fingerprint density at radius 2 is 2.00 bits per heavy atom. The average Bonchev–Trinajstić information content (AvgIpc) is 2.27. The molecule has 0 saturated carbocycles. The maximum absolute atomic E-state index is 11.5. The van der Waals surface area contributed by atoms with Gasteiger partial charge in [0, 0.05) is 7.05 Å². The van der Waals surface area contributed by atoms with Crippen LogP contribution in [-0.2, 0) is 20.0 Å². The Balaban J connectivity index is 3.19. The molecular weight excluding hydrogens is 246 g/mol. The molecule has 0 aliphatic rings. The molecule has 0 amide bonds. The van der Waals surface area contributed by atoms with Crippen LogP contribution in [0, 0.1) is 6.92 Å². The van der Waals surface area contributed by atoms with Crippen LogP contribution < -0.4 is 5.06 Å². The molecule has 94 valence electrons. The Labute approximate surface area is 101 Å². The number of benzene rings is 1. The fourth-order valence-electron chi connectivity index (χ4n) is 1.33. The van der Waals surface area contributed by atoms with E-state index in [1.807, 2.05) is 6.92 Å². The molecule has 0 atom stereocenters. The summed E-state index contributed by atoms with van der Waals surface area (Å²) < 4.78 is 30.1. The summed E-state index contributed by atoms with van der Waals surface area (Å²) in [5.41, 5.74) is 1.43. The molecule has 1 aromatic rings. The zero-order valence-electron chi connectivity index (χ0n) is 9.67. The van der Waals surface area contributed by atoms with Gasteiger partial charge in [0.15, 0.2) is 0 Å². The molecule has 0 aliphatic heterocycles. The SMILES string of the molecule is COC(=O)c1ccc(C)cc1N(C)O[SH](=O)=O. The molecule has 17 heavy (non-hydrogen) atoms. The fourth-order valence-corrected chi connectivity index (χ4v) is 1.62. The van der Waals surface area contributed by atoms with Gasteiger partial charge < -0.3 is 4.74 Å². The van der Waals surface area contributed by atoms with Gasteiger partial charge in [0.05, 0.1) is 18.4 Å². The van der Waals surface area contributed by atoms with Gasteiger partial charge in [-0.25, -0.2) is 18.3 Å². The first-order valence-corrected chi connectivity index (χ1v) is 5.80. The van der Waals surface area contributed by atoms with Crippen molar-refractivity contribution < 1.29 is 22.2 Å². The predicted octanol–water partition coefficient (Wildman–Crippen LogP) is 0.676. The molecule has 0 aromatic heterocycles. The third kappa shape index (κ3) is 3.43. The van der Waals surface area contributed by atoms with E-state index in [9.17, 15) is 13.2 Å². The summed E-state index contributed by atoms with van der Waals surface area (Å²) in [7, 11) is -0.389. The zero-order valence-corrected chi connectivity index (χ0v) is 10.6. The second-order valence-corrected chi connectivity index (χ2v) is 3.93. The van der Waals surface area contributed by atoms with Gasteiger partial charge in [-0.15, -0.1) is 0 Å². The third-order valence-electron chi connectivity index (χ3n) is 2.09. The van der Waals surface area contributed by atoms with Crippen molar-refractivity contribution in [3.63, 3.8) is 0 Å². The second-order valence-electron chi connectivity index (χ2n) is 3.31. The Hall–Kier alpha value is -1.60. The van der Waals surface area contributed by atoms with Gasteiger partial charge >= 0.3 is 5.97 Å². The molecule has 6 nitrogen and oxygen atoms in total. The van der Waals surface area contributed by atoms with E-state index >= 15 is 0 Å². The van der Waals surface area contributed by atoms with Gasteiger partial charge in [-0.2, -0.15) is 4.28 Å². The summed E-state index contributed by atoms with van der Waals surface area (Å²) >= 11 is 0. The van der Waals surface area contributed by atoms with Crippen molar-refractivity contribution in [1.29, 1.82) is 0 Å². The molecule has 0 aliphatic carbocycles. The number of carbonyl (C=O) groups excluding carboxylic acids is 1. The molecule has 0 bridgehead atoms. The molecule has 0 fully saturated rings. The summed E-state index contributed by atoms with van der Waals surface area (Å²) in [5, 5.41) is 1.00. The largest absolute Gasteiger partial charge is 0.465 e. The van der Waals surface area contributed by atoms with Crippen LogP contribution in [0.3, 0.4) is 0 Å². The van der Waals surface area contributed by atoms with Gasteiger partial charge in [-0.05, 0) is 24.6 Å². The highest BCUT2D eigenvalue weighted by Gasteiger charge is 2.16. The molecular formula is C10H13NO5S. The van der Waals surface area contributed by atoms with E-state index in [1.54, 1.807) is 18.2 Å². The van der Waals surface area contributed by atoms with Crippen LogP contribution in [0.5, 0.6) is 0 Å². The van der Waals surface area contributed by atoms with Gasteiger partial charge in [-0.1, -0.05) is 6.07 Å². The number of aryl methyl sites for hydroxylation is 1. The molecule has 0 unspecified atom stereocenters. The lowest BCUT2D eigenvalue weighted by atomic mass is 10.1. The number of hydrogen-bond donors (Lipinski definition) is 1. The fraction of sp³-hybridized carbons (Fsp3) is 0.300. The first-order chi connectivity index (χ1) is 7.95. The highest BCUT2D eigenvalue weighted by atomic mass is 32.2. The number of rotatable bonds is 4. The van der Waals surface area contributed by atoms with Crippen molar-refractivity contribution in [3.8, 4) is 0 Å². The summed E-state index contributed by atoms with van der Waals surface area (Å²) in [5.74, 6) is -0.559. The van der Waals surface area contributed by atoms with Crippen molar-refractivity contribution in [2.45, 2.75) is 6.92 Å². The number of thiol groups is 1. The first kappa shape index (κ1) is 13.5. The molecule has 0 spiro atoms. The number of methoxy groups -OCH3 is 1. The van der Waals surface area contributed by atoms with Crippen molar-refractivity contribution in [3.05, 3.63) is 29.3 Å². The van der Waals surface area contributed by atoms with Crippen molar-refractivity contribution >= 4 is 22.6 Å². The number of nitrogens with zero attached hydrogens (tertiary/aromatic N) is 1. The minimum Gasteiger partial charge on any atom is -0.465 e. The molecule has 0 saturated heterocycles. The van der Waals surface area contributed by atoms with Crippen LogP contribution in [0.1, 0.15) is 15.9 Å². The van der Waals surface area contributed by atoms with Crippen LogP contribution in [0.15, 0.2) is 18.2 Å². The normalized spacial score (nSPS) is 10.4. The highest BCUT2D eigenvalue weighted by Crippen LogP contribution is 2.22. The van der Waals surface area contributed by atoms with Gasteiger partial charge in [0.1, 0.15) is 0 Å². The Morgan fingerprint density at radius 1 is 1.35 bits per heavy atom. The van der Waals surface area contributed by atoms with E-state index in [4.69, 9.17) is 0 Å². The molecule has 0 radical (unpaired) electrons. The zero-order chi connectivity index (χ0) is 13.0. The third-order valence-corrected chi connectivity index (χ3v) is 2.47. The average molecular weight is 259 g/mol. The predicted molar refractivity (Wildman–Crippen MR) is 62.3 cm³/mol. The minimum absolute atomic E-state index is 0.234. The number of esters is 1. The number of hydrogen-bond acceptors (Lipinski definition) is 6. The standard InChI is InChI=1S/C10H13NO5S/c1-7-4-5-8(10(12)15-3)9(6-7)11(2)16-17(13)14/h4-6,17H,1-3H3. The Morgan fingerprint density at radius 3 is 2.53 bits per heavy atom. The summed E-state index contributed by atoms with van der Waals surface area (Å²) in [4.78, 5) is 11.5. The van der Waals surface area contributed by atoms with Crippen LogP contribution in [0.25, 0.3) is 0 Å². The van der Waals surface area contributed by atoms with Crippen molar-refractivity contribution in [2.24, 2.45) is 0 Å². The van der Waals surface area contributed by atoms with E-state index in [0.29, 0.717) is 5.69 Å². The highest BCUT2D eigenvalue weighted by molar-refractivity contribution is 7.67. The van der Waals surface area contributed by atoms with Crippen LogP contribution >= 0.6 is 0 Å². The molecule has 0 N–H and O–H groups in total. The number of anilines is 1. The second kappa shape index (κ2) is 5.65. The van der Waals surface area contributed by atoms with Crippen LogP contribution in [-0.4, -0.2) is 28.5 Å². The van der Waals surface area contributed by atoms with E-state index in [-0.39, 0.29) is 5.56 Å². The lowest BCUT2D eigenvalue weighted by Gasteiger charge is -2.17. The Kier molecular flexibility index (Phi) is 4.47. The number of hydroxylamine groups is 1. The van der Waals surface area contributed by atoms with Gasteiger partial charge in [0.25, 0.3) is 11.0 Å². The maximum atomic E-state index is 11.5. The van der Waals surface area contributed by atoms with E-state index < -0.39 is 17.0 Å². The van der Waals surface area contributed by atoms with E-state index in [0.717, 1.165) is 10.6 Å². The van der Waals surface area contributed by atoms with Crippen LogP contribution in [0.4, 0.5) is 5.69 Å². The smallest absolute Gasteiger partial charge is 0.340 e.